The van der Waals surface area contributed by atoms with Crippen molar-refractivity contribution in [2.75, 3.05) is 13.2 Å². The van der Waals surface area contributed by atoms with Gasteiger partial charge in [0.15, 0.2) is 24.6 Å². The average Bonchev–Trinajstić information content (AvgIpc) is 3.35. The Morgan fingerprint density at radius 3 is 1.35 bits per heavy atom. The SMILES string of the molecule is CC/C=C\C/C=C\C/C=C\CCCCCC(=O)OC1C(OCC(COC(=O)CCCCCCCCCCCCCCCCCCC)OC(=O)CCCCCCCCCCCCC)OC(C(=O)O)C(O)C1O. The molecule has 0 aromatic rings. The standard InChI is InChI=1S/C59H104O12/c1-4-7-10-13-16-19-22-24-25-26-27-29-31-33-36-39-42-45-51(60)67-48-50(69-52(61)46-43-40-37-34-30-21-18-15-12-9-6-3)49-68-59-57(55(64)54(63)56(71-59)58(65)66)70-53(62)47-44-41-38-35-32-28-23-20-17-14-11-8-5-2/h8,11,17,20,28,32,50,54-57,59,63-64H,4-7,9-10,12-16,18-19,21-27,29-31,33-49H2,1-3H3,(H,65,66)/b11-8-,20-17-,32-28-. The van der Waals surface area contributed by atoms with E-state index in [9.17, 15) is 34.5 Å². The maximum atomic E-state index is 13.1. The highest BCUT2D eigenvalue weighted by molar-refractivity contribution is 5.74. The third-order valence-electron chi connectivity index (χ3n) is 13.2. The molecule has 0 aromatic carbocycles. The molecule has 0 aromatic heterocycles. The number of hydrogen-bond acceptors (Lipinski definition) is 11. The molecule has 1 heterocycles. The number of aliphatic hydroxyl groups excluding tert-OH is 2. The quantitative estimate of drug-likeness (QED) is 0.0228. The van der Waals surface area contributed by atoms with E-state index < -0.39 is 67.3 Å². The van der Waals surface area contributed by atoms with Crippen molar-refractivity contribution in [3.63, 3.8) is 0 Å². The van der Waals surface area contributed by atoms with Gasteiger partial charge in [0.05, 0.1) is 6.61 Å². The summed E-state index contributed by atoms with van der Waals surface area (Å²) in [6.45, 7) is 5.87. The normalized spacial score (nSPS) is 18.7. The topological polar surface area (TPSA) is 175 Å². The van der Waals surface area contributed by atoms with Gasteiger partial charge in [0.2, 0.25) is 0 Å². The first-order valence-corrected chi connectivity index (χ1v) is 29.0. The summed E-state index contributed by atoms with van der Waals surface area (Å²) in [4.78, 5) is 51.0. The maximum Gasteiger partial charge on any atom is 0.335 e. The highest BCUT2D eigenvalue weighted by atomic mass is 16.7. The molecule has 1 saturated heterocycles. The molecule has 0 spiro atoms. The number of unbranched alkanes of at least 4 members (excludes halogenated alkanes) is 29. The molecule has 0 saturated carbocycles. The largest absolute Gasteiger partial charge is 0.479 e. The molecule has 0 radical (unpaired) electrons. The number of hydrogen-bond donors (Lipinski definition) is 3. The summed E-state index contributed by atoms with van der Waals surface area (Å²) in [5, 5.41) is 31.4. The van der Waals surface area contributed by atoms with Gasteiger partial charge in [0.1, 0.15) is 18.8 Å². The van der Waals surface area contributed by atoms with E-state index in [-0.39, 0.29) is 25.9 Å². The van der Waals surface area contributed by atoms with Gasteiger partial charge in [-0.3, -0.25) is 14.4 Å². The molecule has 0 amide bonds. The first-order valence-electron chi connectivity index (χ1n) is 29.0. The third kappa shape index (κ3) is 38.2. The van der Waals surface area contributed by atoms with Gasteiger partial charge in [-0.2, -0.15) is 0 Å². The van der Waals surface area contributed by atoms with Crippen molar-refractivity contribution in [3.05, 3.63) is 36.5 Å². The molecule has 6 unspecified atom stereocenters. The van der Waals surface area contributed by atoms with Gasteiger partial charge in [0, 0.05) is 19.3 Å². The Kier molecular flexibility index (Phi) is 44.5. The van der Waals surface area contributed by atoms with E-state index in [4.69, 9.17) is 23.7 Å². The number of carboxylic acid groups (broad SMARTS) is 1. The van der Waals surface area contributed by atoms with Crippen molar-refractivity contribution >= 4 is 23.9 Å². The maximum absolute atomic E-state index is 13.1. The van der Waals surface area contributed by atoms with Crippen LogP contribution in [0.4, 0.5) is 0 Å². The van der Waals surface area contributed by atoms with E-state index in [2.05, 4.69) is 57.2 Å². The molecule has 1 aliphatic heterocycles. The summed E-state index contributed by atoms with van der Waals surface area (Å²) in [6.07, 6.45) is 42.7. The molecule has 1 rings (SSSR count). The van der Waals surface area contributed by atoms with Gasteiger partial charge < -0.3 is 39.0 Å². The Labute approximate surface area is 431 Å². The van der Waals surface area contributed by atoms with Crippen LogP contribution in [0.3, 0.4) is 0 Å². The first-order chi connectivity index (χ1) is 34.6. The molecular weight excluding hydrogens is 901 g/mol. The Morgan fingerprint density at radius 2 is 0.887 bits per heavy atom. The number of aliphatic carboxylic acids is 1. The van der Waals surface area contributed by atoms with Crippen LogP contribution in [0, 0.1) is 0 Å². The number of carbonyl (C=O) groups is 4. The number of esters is 3. The summed E-state index contributed by atoms with van der Waals surface area (Å²) in [5.41, 5.74) is 0. The van der Waals surface area contributed by atoms with Gasteiger partial charge in [0.25, 0.3) is 0 Å². The van der Waals surface area contributed by atoms with E-state index >= 15 is 0 Å². The van der Waals surface area contributed by atoms with Gasteiger partial charge in [-0.15, -0.1) is 0 Å². The van der Waals surface area contributed by atoms with Gasteiger partial charge in [-0.1, -0.05) is 231 Å². The van der Waals surface area contributed by atoms with E-state index in [0.717, 1.165) is 77.0 Å². The van der Waals surface area contributed by atoms with E-state index in [1.807, 2.05) is 0 Å². The van der Waals surface area contributed by atoms with Gasteiger partial charge in [-0.05, 0) is 51.4 Å². The van der Waals surface area contributed by atoms with Crippen LogP contribution in [0.15, 0.2) is 36.5 Å². The molecule has 12 nitrogen and oxygen atoms in total. The molecule has 0 aliphatic carbocycles. The molecule has 412 valence electrons. The zero-order chi connectivity index (χ0) is 51.8. The Hall–Kier alpha value is -3.06. The van der Waals surface area contributed by atoms with Crippen molar-refractivity contribution < 1.29 is 58.2 Å². The zero-order valence-corrected chi connectivity index (χ0v) is 45.2. The lowest BCUT2D eigenvalue weighted by molar-refractivity contribution is -0.301. The Morgan fingerprint density at radius 1 is 0.479 bits per heavy atom. The van der Waals surface area contributed by atoms with Crippen LogP contribution in [0.25, 0.3) is 0 Å². The van der Waals surface area contributed by atoms with Crippen molar-refractivity contribution in [2.45, 2.75) is 302 Å². The molecule has 12 heteroatoms. The number of carbonyl (C=O) groups excluding carboxylic acids is 3. The van der Waals surface area contributed by atoms with Crippen LogP contribution >= 0.6 is 0 Å². The van der Waals surface area contributed by atoms with Crippen LogP contribution in [0.1, 0.15) is 265 Å². The number of ether oxygens (including phenoxy) is 5. The van der Waals surface area contributed by atoms with Crippen molar-refractivity contribution in [1.29, 1.82) is 0 Å². The highest BCUT2D eigenvalue weighted by Crippen LogP contribution is 2.26. The fraction of sp³-hybridized carbons (Fsp3) is 0.831. The summed E-state index contributed by atoms with van der Waals surface area (Å²) >= 11 is 0. The number of carboxylic acids is 1. The third-order valence-corrected chi connectivity index (χ3v) is 13.2. The number of allylic oxidation sites excluding steroid dienone is 6. The van der Waals surface area contributed by atoms with Crippen LogP contribution in [0.5, 0.6) is 0 Å². The smallest absolute Gasteiger partial charge is 0.335 e. The second-order valence-electron chi connectivity index (χ2n) is 19.9. The van der Waals surface area contributed by atoms with Crippen LogP contribution in [-0.4, -0.2) is 89.2 Å². The number of aliphatic hydroxyl groups is 2. The zero-order valence-electron chi connectivity index (χ0n) is 45.2. The molecular formula is C59H104O12. The van der Waals surface area contributed by atoms with E-state index in [1.54, 1.807) is 0 Å². The summed E-state index contributed by atoms with van der Waals surface area (Å²) in [7, 11) is 0. The second kappa shape index (κ2) is 47.9. The van der Waals surface area contributed by atoms with Crippen molar-refractivity contribution in [1.82, 2.24) is 0 Å². The highest BCUT2D eigenvalue weighted by Gasteiger charge is 2.50. The van der Waals surface area contributed by atoms with Crippen molar-refractivity contribution in [2.24, 2.45) is 0 Å². The lowest BCUT2D eigenvalue weighted by atomic mass is 9.98. The Bertz CT molecular complexity index is 1380. The van der Waals surface area contributed by atoms with Crippen LogP contribution in [0.2, 0.25) is 0 Å². The summed E-state index contributed by atoms with van der Waals surface area (Å²) < 4.78 is 28.4. The molecule has 0 bridgehead atoms. The minimum atomic E-state index is -1.91. The molecule has 71 heavy (non-hydrogen) atoms. The monoisotopic (exact) mass is 1000 g/mol. The predicted octanol–water partition coefficient (Wildman–Crippen LogP) is 14.5. The first kappa shape index (κ1) is 66.0. The molecule has 3 N–H and O–H groups in total. The van der Waals surface area contributed by atoms with Crippen LogP contribution in [-0.2, 0) is 42.9 Å². The summed E-state index contributed by atoms with van der Waals surface area (Å²) in [6, 6.07) is 0. The molecule has 1 fully saturated rings. The lowest BCUT2D eigenvalue weighted by Gasteiger charge is -2.40. The average molecular weight is 1010 g/mol. The fourth-order valence-electron chi connectivity index (χ4n) is 8.80. The van der Waals surface area contributed by atoms with Crippen LogP contribution < -0.4 is 0 Å². The minimum Gasteiger partial charge on any atom is -0.479 e. The Balaban J connectivity index is 2.68. The van der Waals surface area contributed by atoms with Crippen molar-refractivity contribution in [3.8, 4) is 0 Å². The predicted molar refractivity (Wildman–Crippen MR) is 285 cm³/mol. The number of rotatable bonds is 49. The van der Waals surface area contributed by atoms with E-state index in [0.29, 0.717) is 19.3 Å². The fourth-order valence-corrected chi connectivity index (χ4v) is 8.80. The minimum absolute atomic E-state index is 0.0286. The van der Waals surface area contributed by atoms with E-state index in [1.165, 1.54) is 128 Å². The molecule has 1 aliphatic rings. The van der Waals surface area contributed by atoms with Gasteiger partial charge in [-0.25, -0.2) is 4.79 Å². The molecule has 6 atom stereocenters. The lowest BCUT2D eigenvalue weighted by Crippen LogP contribution is -2.61. The van der Waals surface area contributed by atoms with Gasteiger partial charge >= 0.3 is 23.9 Å². The second-order valence-corrected chi connectivity index (χ2v) is 19.9. The summed E-state index contributed by atoms with van der Waals surface area (Å²) in [5.74, 6) is -3.13.